The standard InChI is InChI=1S/C9H18N2OS/c1-4-10-9(13)11-5-7(2)12-8(3)6-11/h7-8H,4-6H2,1-3H3,(H,10,13)/t7-,8-/m0/s1. The molecule has 0 unspecified atom stereocenters. The summed E-state index contributed by atoms with van der Waals surface area (Å²) in [6.45, 7) is 8.90. The molecule has 0 aromatic carbocycles. The van der Waals surface area contributed by atoms with E-state index >= 15 is 0 Å². The molecule has 1 N–H and O–H groups in total. The summed E-state index contributed by atoms with van der Waals surface area (Å²) in [7, 11) is 0. The van der Waals surface area contributed by atoms with Crippen molar-refractivity contribution in [3.05, 3.63) is 0 Å². The average Bonchev–Trinajstić information content (AvgIpc) is 2.03. The van der Waals surface area contributed by atoms with Crippen LogP contribution in [-0.2, 0) is 4.74 Å². The number of morpholine rings is 1. The van der Waals surface area contributed by atoms with Crippen LogP contribution < -0.4 is 5.32 Å². The molecular formula is C9H18N2OS. The zero-order valence-corrected chi connectivity index (χ0v) is 9.36. The van der Waals surface area contributed by atoms with Gasteiger partial charge in [-0.2, -0.15) is 0 Å². The molecule has 13 heavy (non-hydrogen) atoms. The van der Waals surface area contributed by atoms with Gasteiger partial charge in [0.1, 0.15) is 0 Å². The van der Waals surface area contributed by atoms with E-state index in [4.69, 9.17) is 17.0 Å². The first kappa shape index (κ1) is 10.7. The number of ether oxygens (including phenoxy) is 1. The first-order valence-electron chi connectivity index (χ1n) is 4.81. The van der Waals surface area contributed by atoms with Crippen molar-refractivity contribution in [3.63, 3.8) is 0 Å². The van der Waals surface area contributed by atoms with Crippen molar-refractivity contribution in [2.75, 3.05) is 19.6 Å². The SMILES string of the molecule is CCNC(=S)N1C[C@H](C)O[C@@H](C)C1. The second-order valence-electron chi connectivity index (χ2n) is 3.50. The van der Waals surface area contributed by atoms with Crippen LogP contribution in [0.15, 0.2) is 0 Å². The van der Waals surface area contributed by atoms with Gasteiger partial charge in [0, 0.05) is 19.6 Å². The normalized spacial score (nSPS) is 28.7. The van der Waals surface area contributed by atoms with Crippen molar-refractivity contribution in [2.24, 2.45) is 0 Å². The van der Waals surface area contributed by atoms with Gasteiger partial charge in [-0.15, -0.1) is 0 Å². The maximum absolute atomic E-state index is 5.62. The molecule has 0 aliphatic carbocycles. The summed E-state index contributed by atoms with van der Waals surface area (Å²) >= 11 is 5.24. The van der Waals surface area contributed by atoms with E-state index in [9.17, 15) is 0 Å². The molecule has 0 aromatic heterocycles. The summed E-state index contributed by atoms with van der Waals surface area (Å²) in [5.41, 5.74) is 0. The third kappa shape index (κ3) is 3.12. The van der Waals surface area contributed by atoms with Gasteiger partial charge in [0.25, 0.3) is 0 Å². The molecule has 0 bridgehead atoms. The maximum Gasteiger partial charge on any atom is 0.169 e. The summed E-state index contributed by atoms with van der Waals surface area (Å²) in [6.07, 6.45) is 0.556. The number of nitrogens with zero attached hydrogens (tertiary/aromatic N) is 1. The van der Waals surface area contributed by atoms with Gasteiger partial charge in [0.15, 0.2) is 5.11 Å². The van der Waals surface area contributed by atoms with E-state index in [1.807, 2.05) is 0 Å². The van der Waals surface area contributed by atoms with Crippen molar-refractivity contribution >= 4 is 17.3 Å². The van der Waals surface area contributed by atoms with Crippen LogP contribution >= 0.6 is 12.2 Å². The van der Waals surface area contributed by atoms with E-state index < -0.39 is 0 Å². The predicted octanol–water partition coefficient (Wildman–Crippen LogP) is 0.990. The van der Waals surface area contributed by atoms with Gasteiger partial charge in [-0.3, -0.25) is 0 Å². The summed E-state index contributed by atoms with van der Waals surface area (Å²) in [4.78, 5) is 2.18. The Morgan fingerprint density at radius 1 is 1.46 bits per heavy atom. The van der Waals surface area contributed by atoms with Crippen molar-refractivity contribution < 1.29 is 4.74 Å². The van der Waals surface area contributed by atoms with Crippen LogP contribution in [0.2, 0.25) is 0 Å². The highest BCUT2D eigenvalue weighted by atomic mass is 32.1. The molecule has 4 heteroatoms. The Morgan fingerprint density at radius 3 is 2.46 bits per heavy atom. The molecule has 1 heterocycles. The van der Waals surface area contributed by atoms with E-state index in [0.29, 0.717) is 0 Å². The number of hydrogen-bond donors (Lipinski definition) is 1. The van der Waals surface area contributed by atoms with E-state index in [1.165, 1.54) is 0 Å². The molecule has 76 valence electrons. The van der Waals surface area contributed by atoms with Crippen molar-refractivity contribution in [1.29, 1.82) is 0 Å². The Labute approximate surface area is 85.4 Å². The van der Waals surface area contributed by atoms with Gasteiger partial charge >= 0.3 is 0 Å². The highest BCUT2D eigenvalue weighted by Crippen LogP contribution is 2.10. The highest BCUT2D eigenvalue weighted by Gasteiger charge is 2.23. The van der Waals surface area contributed by atoms with E-state index in [0.717, 1.165) is 24.7 Å². The highest BCUT2D eigenvalue weighted by molar-refractivity contribution is 7.80. The second-order valence-corrected chi connectivity index (χ2v) is 3.88. The maximum atomic E-state index is 5.62. The lowest BCUT2D eigenvalue weighted by molar-refractivity contribution is -0.0481. The van der Waals surface area contributed by atoms with Crippen LogP contribution in [0.3, 0.4) is 0 Å². The molecule has 1 aliphatic heterocycles. The van der Waals surface area contributed by atoms with Crippen LogP contribution in [-0.4, -0.2) is 41.9 Å². The average molecular weight is 202 g/mol. The monoisotopic (exact) mass is 202 g/mol. The molecule has 2 atom stereocenters. The molecule has 1 fully saturated rings. The lowest BCUT2D eigenvalue weighted by atomic mass is 10.2. The minimum absolute atomic E-state index is 0.278. The molecule has 3 nitrogen and oxygen atoms in total. The molecule has 0 spiro atoms. The summed E-state index contributed by atoms with van der Waals surface area (Å²) < 4.78 is 5.62. The van der Waals surface area contributed by atoms with Crippen molar-refractivity contribution in [3.8, 4) is 0 Å². The lowest BCUT2D eigenvalue weighted by Crippen LogP contribution is -2.51. The van der Waals surface area contributed by atoms with Gasteiger partial charge in [-0.05, 0) is 33.0 Å². The topological polar surface area (TPSA) is 24.5 Å². The van der Waals surface area contributed by atoms with Crippen LogP contribution in [0.4, 0.5) is 0 Å². The molecule has 0 radical (unpaired) electrons. The molecule has 1 aliphatic rings. The Bertz CT molecular complexity index is 176. The first-order chi connectivity index (χ1) is 6.13. The Hall–Kier alpha value is -0.350. The minimum atomic E-state index is 0.278. The summed E-state index contributed by atoms with van der Waals surface area (Å²) in [5.74, 6) is 0. The fourth-order valence-electron chi connectivity index (χ4n) is 1.61. The van der Waals surface area contributed by atoms with Crippen LogP contribution in [0, 0.1) is 0 Å². The smallest absolute Gasteiger partial charge is 0.169 e. The Morgan fingerprint density at radius 2 is 2.00 bits per heavy atom. The van der Waals surface area contributed by atoms with Gasteiger partial charge in [-0.25, -0.2) is 0 Å². The quantitative estimate of drug-likeness (QED) is 0.641. The first-order valence-corrected chi connectivity index (χ1v) is 5.22. The zero-order valence-electron chi connectivity index (χ0n) is 8.54. The van der Waals surface area contributed by atoms with Gasteiger partial charge in [0.2, 0.25) is 0 Å². The molecule has 0 saturated carbocycles. The van der Waals surface area contributed by atoms with Crippen molar-refractivity contribution in [2.45, 2.75) is 33.0 Å². The van der Waals surface area contributed by atoms with Gasteiger partial charge in [-0.1, -0.05) is 0 Å². The number of hydrogen-bond acceptors (Lipinski definition) is 2. The Balaban J connectivity index is 2.45. The largest absolute Gasteiger partial charge is 0.372 e. The van der Waals surface area contributed by atoms with Crippen LogP contribution in [0.5, 0.6) is 0 Å². The van der Waals surface area contributed by atoms with Gasteiger partial charge in [0.05, 0.1) is 12.2 Å². The predicted molar refractivity (Wildman–Crippen MR) is 57.9 cm³/mol. The van der Waals surface area contributed by atoms with E-state index in [2.05, 4.69) is 31.0 Å². The lowest BCUT2D eigenvalue weighted by Gasteiger charge is -2.36. The Kier molecular flexibility index (Phi) is 3.93. The number of rotatable bonds is 1. The van der Waals surface area contributed by atoms with Crippen LogP contribution in [0.25, 0.3) is 0 Å². The van der Waals surface area contributed by atoms with Crippen LogP contribution in [0.1, 0.15) is 20.8 Å². The van der Waals surface area contributed by atoms with E-state index in [-0.39, 0.29) is 12.2 Å². The molecular weight excluding hydrogens is 184 g/mol. The molecule has 1 saturated heterocycles. The summed E-state index contributed by atoms with van der Waals surface area (Å²) in [5, 5.41) is 4.01. The number of thiocarbonyl (C=S) groups is 1. The molecule has 1 rings (SSSR count). The number of nitrogens with one attached hydrogen (secondary N) is 1. The fraction of sp³-hybridized carbons (Fsp3) is 0.889. The second kappa shape index (κ2) is 4.77. The fourth-order valence-corrected chi connectivity index (χ4v) is 1.90. The third-order valence-corrected chi connectivity index (χ3v) is 2.44. The molecule has 0 aromatic rings. The molecule has 0 amide bonds. The summed E-state index contributed by atoms with van der Waals surface area (Å²) in [6, 6.07) is 0. The van der Waals surface area contributed by atoms with Gasteiger partial charge < -0.3 is 15.0 Å². The zero-order chi connectivity index (χ0) is 9.84. The van der Waals surface area contributed by atoms with Crippen molar-refractivity contribution in [1.82, 2.24) is 10.2 Å². The minimum Gasteiger partial charge on any atom is -0.372 e. The van der Waals surface area contributed by atoms with E-state index in [1.54, 1.807) is 0 Å². The third-order valence-electron chi connectivity index (χ3n) is 2.03.